The van der Waals surface area contributed by atoms with E-state index < -0.39 is 11.9 Å². The Hall–Kier alpha value is -3.34. The van der Waals surface area contributed by atoms with Crippen LogP contribution in [0.2, 0.25) is 0 Å². The Balaban J connectivity index is 1.91. The highest BCUT2D eigenvalue weighted by Gasteiger charge is 2.22. The van der Waals surface area contributed by atoms with Crippen molar-refractivity contribution < 1.29 is 23.8 Å². The molecule has 0 aliphatic carbocycles. The zero-order valence-corrected chi connectivity index (χ0v) is 15.4. The number of ether oxygens (including phenoxy) is 3. The van der Waals surface area contributed by atoms with Gasteiger partial charge < -0.3 is 14.2 Å². The molecule has 138 valence electrons. The molecule has 5 nitrogen and oxygen atoms in total. The summed E-state index contributed by atoms with van der Waals surface area (Å²) in [4.78, 5) is 23.4. The second-order valence-electron chi connectivity index (χ2n) is 6.10. The lowest BCUT2D eigenvalue weighted by molar-refractivity contribution is -0.132. The van der Waals surface area contributed by atoms with E-state index >= 15 is 0 Å². The Kier molecular flexibility index (Phi) is 5.41. The Morgan fingerprint density at radius 3 is 2.52 bits per heavy atom. The van der Waals surface area contributed by atoms with Crippen LogP contribution in [-0.2, 0) is 14.3 Å². The van der Waals surface area contributed by atoms with Crippen molar-refractivity contribution in [1.29, 1.82) is 0 Å². The molecule has 0 spiro atoms. The van der Waals surface area contributed by atoms with Crippen LogP contribution in [-0.4, -0.2) is 18.5 Å². The predicted octanol–water partition coefficient (Wildman–Crippen LogP) is 4.30. The fourth-order valence-corrected chi connectivity index (χ4v) is 2.65. The van der Waals surface area contributed by atoms with Crippen molar-refractivity contribution in [2.24, 2.45) is 0 Å². The molecule has 27 heavy (non-hydrogen) atoms. The molecule has 2 aromatic rings. The number of esters is 2. The lowest BCUT2D eigenvalue weighted by atomic mass is 10.1. The van der Waals surface area contributed by atoms with Crippen LogP contribution < -0.4 is 9.47 Å². The minimum atomic E-state index is -0.424. The molecule has 5 heteroatoms. The molecule has 1 heterocycles. The summed E-state index contributed by atoms with van der Waals surface area (Å²) in [5, 5.41) is 0. The summed E-state index contributed by atoms with van der Waals surface area (Å²) >= 11 is 0. The molecule has 0 N–H and O–H groups in total. The third kappa shape index (κ3) is 4.44. The summed E-state index contributed by atoms with van der Waals surface area (Å²) in [7, 11) is 0. The highest BCUT2D eigenvalue weighted by atomic mass is 16.6. The Bertz CT molecular complexity index is 936. The molecule has 0 radical (unpaired) electrons. The molecule has 0 amide bonds. The van der Waals surface area contributed by atoms with Crippen molar-refractivity contribution >= 4 is 23.8 Å². The van der Waals surface area contributed by atoms with Crippen LogP contribution in [0.15, 0.2) is 54.1 Å². The first-order chi connectivity index (χ1) is 13.0. The second-order valence-corrected chi connectivity index (χ2v) is 6.10. The van der Waals surface area contributed by atoms with Gasteiger partial charge in [-0.3, -0.25) is 4.79 Å². The van der Waals surface area contributed by atoms with Gasteiger partial charge in [-0.25, -0.2) is 4.79 Å². The summed E-state index contributed by atoms with van der Waals surface area (Å²) < 4.78 is 16.1. The largest absolute Gasteiger partial charge is 0.490 e. The summed E-state index contributed by atoms with van der Waals surface area (Å²) in [5.74, 6) is 0.472. The van der Waals surface area contributed by atoms with Crippen LogP contribution in [0.5, 0.6) is 11.5 Å². The number of benzene rings is 2. The number of carbonyl (C=O) groups excluding carboxylic acids is 2. The monoisotopic (exact) mass is 364 g/mol. The maximum atomic E-state index is 12.2. The number of hydrogen-bond acceptors (Lipinski definition) is 5. The van der Waals surface area contributed by atoms with Gasteiger partial charge in [0.2, 0.25) is 0 Å². The standard InChI is InChI=1S/C22H20O5/c1-4-25-21-12-16(7-10-19(21)26-15(3)23)11-18-13-20(27-22(18)24)17-8-5-14(2)6-9-17/h5-13H,4H2,1-3H3/b18-11-. The SMILES string of the molecule is CCOc1cc(/C=C2/C=C(c3ccc(C)cc3)OC2=O)ccc1OC(C)=O. The van der Waals surface area contributed by atoms with Crippen LogP contribution in [0.1, 0.15) is 30.5 Å². The van der Waals surface area contributed by atoms with Crippen LogP contribution in [0, 0.1) is 6.92 Å². The molecule has 0 unspecified atom stereocenters. The minimum absolute atomic E-state index is 0.344. The van der Waals surface area contributed by atoms with Crippen LogP contribution >= 0.6 is 0 Å². The molecule has 0 fully saturated rings. The van der Waals surface area contributed by atoms with Crippen molar-refractivity contribution in [3.8, 4) is 11.5 Å². The molecule has 1 aliphatic heterocycles. The van der Waals surface area contributed by atoms with Gasteiger partial charge in [0.25, 0.3) is 0 Å². The maximum absolute atomic E-state index is 12.2. The van der Waals surface area contributed by atoms with Gasteiger partial charge in [0.05, 0.1) is 12.2 Å². The molecule has 2 aromatic carbocycles. The topological polar surface area (TPSA) is 61.8 Å². The average molecular weight is 364 g/mol. The van der Waals surface area contributed by atoms with Gasteiger partial charge in [-0.05, 0) is 43.7 Å². The van der Waals surface area contributed by atoms with Crippen LogP contribution in [0.25, 0.3) is 11.8 Å². The molecule has 0 saturated heterocycles. The van der Waals surface area contributed by atoms with Gasteiger partial charge in [-0.1, -0.05) is 35.9 Å². The van der Waals surface area contributed by atoms with E-state index in [0.717, 1.165) is 16.7 Å². The first-order valence-electron chi connectivity index (χ1n) is 8.64. The van der Waals surface area contributed by atoms with Gasteiger partial charge in [0, 0.05) is 12.5 Å². The van der Waals surface area contributed by atoms with E-state index in [2.05, 4.69) is 0 Å². The Morgan fingerprint density at radius 2 is 1.85 bits per heavy atom. The highest BCUT2D eigenvalue weighted by molar-refractivity contribution is 6.05. The van der Waals surface area contributed by atoms with E-state index in [4.69, 9.17) is 14.2 Å². The zero-order valence-electron chi connectivity index (χ0n) is 15.4. The van der Waals surface area contributed by atoms with Crippen molar-refractivity contribution in [1.82, 2.24) is 0 Å². The molecular weight excluding hydrogens is 344 g/mol. The van der Waals surface area contributed by atoms with Crippen molar-refractivity contribution in [2.45, 2.75) is 20.8 Å². The van der Waals surface area contributed by atoms with E-state index in [1.807, 2.05) is 38.1 Å². The summed E-state index contributed by atoms with van der Waals surface area (Å²) in [6.07, 6.45) is 3.43. The lowest BCUT2D eigenvalue weighted by Crippen LogP contribution is -2.04. The van der Waals surface area contributed by atoms with Gasteiger partial charge >= 0.3 is 11.9 Å². The molecule has 0 aromatic heterocycles. The molecule has 1 aliphatic rings. The fourth-order valence-electron chi connectivity index (χ4n) is 2.65. The third-order valence-corrected chi connectivity index (χ3v) is 3.90. The molecule has 0 bridgehead atoms. The lowest BCUT2D eigenvalue weighted by Gasteiger charge is -2.10. The first kappa shape index (κ1) is 18.5. The number of aryl methyl sites for hydroxylation is 1. The van der Waals surface area contributed by atoms with E-state index in [9.17, 15) is 9.59 Å². The van der Waals surface area contributed by atoms with E-state index in [1.165, 1.54) is 6.92 Å². The maximum Gasteiger partial charge on any atom is 0.343 e. The van der Waals surface area contributed by atoms with Gasteiger partial charge in [-0.2, -0.15) is 0 Å². The molecule has 0 atom stereocenters. The van der Waals surface area contributed by atoms with Crippen molar-refractivity contribution in [3.05, 3.63) is 70.8 Å². The highest BCUT2D eigenvalue weighted by Crippen LogP contribution is 2.32. The smallest absolute Gasteiger partial charge is 0.343 e. The molecular formula is C22H20O5. The molecule has 3 rings (SSSR count). The number of rotatable bonds is 5. The van der Waals surface area contributed by atoms with Gasteiger partial charge in [-0.15, -0.1) is 0 Å². The van der Waals surface area contributed by atoms with Crippen molar-refractivity contribution in [2.75, 3.05) is 6.61 Å². The Morgan fingerprint density at radius 1 is 1.11 bits per heavy atom. The van der Waals surface area contributed by atoms with Gasteiger partial charge in [0.15, 0.2) is 11.5 Å². The fraction of sp³-hybridized carbons (Fsp3) is 0.182. The average Bonchev–Trinajstić information content (AvgIpc) is 2.98. The predicted molar refractivity (Wildman–Crippen MR) is 102 cm³/mol. The zero-order chi connectivity index (χ0) is 19.4. The van der Waals surface area contributed by atoms with E-state index in [1.54, 1.807) is 30.4 Å². The number of carbonyl (C=O) groups is 2. The van der Waals surface area contributed by atoms with Gasteiger partial charge in [0.1, 0.15) is 5.76 Å². The van der Waals surface area contributed by atoms with Crippen molar-refractivity contribution in [3.63, 3.8) is 0 Å². The van der Waals surface area contributed by atoms with E-state index in [-0.39, 0.29) is 0 Å². The second kappa shape index (κ2) is 7.91. The first-order valence-corrected chi connectivity index (χ1v) is 8.64. The third-order valence-electron chi connectivity index (χ3n) is 3.90. The summed E-state index contributed by atoms with van der Waals surface area (Å²) in [6.45, 7) is 5.60. The summed E-state index contributed by atoms with van der Waals surface area (Å²) in [6, 6.07) is 12.9. The number of cyclic esters (lactones) is 1. The quantitative estimate of drug-likeness (QED) is 0.450. The molecule has 0 saturated carbocycles. The number of hydrogen-bond donors (Lipinski definition) is 0. The van der Waals surface area contributed by atoms with E-state index in [0.29, 0.717) is 29.4 Å². The minimum Gasteiger partial charge on any atom is -0.490 e. The van der Waals surface area contributed by atoms with Crippen LogP contribution in [0.4, 0.5) is 0 Å². The Labute approximate surface area is 157 Å². The van der Waals surface area contributed by atoms with Crippen LogP contribution in [0.3, 0.4) is 0 Å². The normalized spacial score (nSPS) is 14.7. The summed E-state index contributed by atoms with van der Waals surface area (Å²) in [5.41, 5.74) is 3.16.